The van der Waals surface area contributed by atoms with Crippen LogP contribution in [-0.4, -0.2) is 30.5 Å². The molecule has 0 aliphatic carbocycles. The number of anilines is 2. The van der Waals surface area contributed by atoms with Crippen molar-refractivity contribution in [3.8, 4) is 5.75 Å². The second kappa shape index (κ2) is 8.59. The van der Waals surface area contributed by atoms with E-state index in [-0.39, 0.29) is 15.5 Å². The third-order valence-electron chi connectivity index (χ3n) is 3.78. The predicted octanol–water partition coefficient (Wildman–Crippen LogP) is 2.36. The Morgan fingerprint density at radius 3 is 2.15 bits per heavy atom. The van der Waals surface area contributed by atoms with Crippen LogP contribution >= 0.6 is 0 Å². The van der Waals surface area contributed by atoms with E-state index in [2.05, 4.69) is 10.0 Å². The topological polar surface area (TPSA) is 128 Å². The molecule has 0 aliphatic heterocycles. The van der Waals surface area contributed by atoms with Gasteiger partial charge < -0.3 is 10.1 Å². The summed E-state index contributed by atoms with van der Waals surface area (Å²) in [4.78, 5) is -0.167. The summed E-state index contributed by atoms with van der Waals surface area (Å²) in [5, 5.41) is 8.27. The van der Waals surface area contributed by atoms with Crippen molar-refractivity contribution < 1.29 is 21.6 Å². The number of rotatable bonds is 9. The van der Waals surface area contributed by atoms with E-state index in [1.54, 1.807) is 0 Å². The number of methoxy groups -OCH3 is 1. The van der Waals surface area contributed by atoms with Gasteiger partial charge in [0.05, 0.1) is 28.3 Å². The molecule has 2 aromatic rings. The first-order valence-electron chi connectivity index (χ1n) is 8.25. The maximum atomic E-state index is 12.7. The summed E-state index contributed by atoms with van der Waals surface area (Å²) in [7, 11) is -6.43. The highest BCUT2D eigenvalue weighted by Gasteiger charge is 2.18. The minimum absolute atomic E-state index is 0.0174. The summed E-state index contributed by atoms with van der Waals surface area (Å²) >= 11 is 0. The lowest BCUT2D eigenvalue weighted by Crippen LogP contribution is -2.17. The molecule has 0 fully saturated rings. The average molecular weight is 414 g/mol. The van der Waals surface area contributed by atoms with E-state index in [0.717, 1.165) is 12.8 Å². The number of sulfonamides is 2. The normalized spacial score (nSPS) is 11.8. The molecule has 0 aromatic heterocycles. The van der Waals surface area contributed by atoms with E-state index in [1.165, 1.54) is 49.6 Å². The quantitative estimate of drug-likeness (QED) is 0.542. The SMILES string of the molecule is CCCCNc1ccc(S(N)(=O)=O)cc1NS(=O)(=O)c1ccc(OC)cc1. The average Bonchev–Trinajstić information content (AvgIpc) is 2.62. The second-order valence-corrected chi connectivity index (χ2v) is 9.06. The molecule has 0 bridgehead atoms. The maximum Gasteiger partial charge on any atom is 0.261 e. The molecule has 0 amide bonds. The van der Waals surface area contributed by atoms with E-state index in [1.807, 2.05) is 6.92 Å². The van der Waals surface area contributed by atoms with Crippen LogP contribution in [-0.2, 0) is 20.0 Å². The van der Waals surface area contributed by atoms with Crippen LogP contribution in [0.3, 0.4) is 0 Å². The number of nitrogens with two attached hydrogens (primary N) is 1. The molecule has 10 heteroatoms. The third-order valence-corrected chi connectivity index (χ3v) is 6.07. The fourth-order valence-electron chi connectivity index (χ4n) is 2.30. The molecule has 0 heterocycles. The number of hydrogen-bond acceptors (Lipinski definition) is 6. The Bertz CT molecular complexity index is 988. The van der Waals surface area contributed by atoms with Gasteiger partial charge in [0, 0.05) is 6.54 Å². The molecule has 27 heavy (non-hydrogen) atoms. The van der Waals surface area contributed by atoms with Gasteiger partial charge in [-0.15, -0.1) is 0 Å². The van der Waals surface area contributed by atoms with Crippen molar-refractivity contribution in [2.45, 2.75) is 29.6 Å². The molecular formula is C17H23N3O5S2. The molecule has 0 aliphatic rings. The Morgan fingerprint density at radius 1 is 0.963 bits per heavy atom. The minimum Gasteiger partial charge on any atom is -0.497 e. The molecule has 0 saturated carbocycles. The molecule has 0 spiro atoms. The van der Waals surface area contributed by atoms with Crippen molar-refractivity contribution in [3.63, 3.8) is 0 Å². The van der Waals surface area contributed by atoms with Gasteiger partial charge in [-0.2, -0.15) is 0 Å². The zero-order valence-corrected chi connectivity index (χ0v) is 16.7. The summed E-state index contributed by atoms with van der Waals surface area (Å²) in [5.41, 5.74) is 0.571. The Kier molecular flexibility index (Phi) is 6.68. The van der Waals surface area contributed by atoms with Crippen LogP contribution in [0.1, 0.15) is 19.8 Å². The number of hydrogen-bond donors (Lipinski definition) is 3. The molecule has 0 unspecified atom stereocenters. The third kappa shape index (κ3) is 5.59. The lowest BCUT2D eigenvalue weighted by Gasteiger charge is -2.15. The Morgan fingerprint density at radius 2 is 1.59 bits per heavy atom. The first-order chi connectivity index (χ1) is 12.7. The largest absolute Gasteiger partial charge is 0.497 e. The van der Waals surface area contributed by atoms with Crippen molar-refractivity contribution in [2.24, 2.45) is 5.14 Å². The monoisotopic (exact) mass is 413 g/mol. The van der Waals surface area contributed by atoms with Crippen LogP contribution in [0, 0.1) is 0 Å². The second-order valence-electron chi connectivity index (χ2n) is 5.81. The molecule has 4 N–H and O–H groups in total. The molecule has 0 saturated heterocycles. The van der Waals surface area contributed by atoms with Gasteiger partial charge in [0.2, 0.25) is 10.0 Å². The van der Waals surface area contributed by atoms with Gasteiger partial charge in [0.15, 0.2) is 0 Å². The number of nitrogens with one attached hydrogen (secondary N) is 2. The van der Waals surface area contributed by atoms with Crippen LogP contribution in [0.4, 0.5) is 11.4 Å². The van der Waals surface area contributed by atoms with Crippen LogP contribution in [0.15, 0.2) is 52.3 Å². The van der Waals surface area contributed by atoms with E-state index in [4.69, 9.17) is 9.88 Å². The fraction of sp³-hybridized carbons (Fsp3) is 0.294. The van der Waals surface area contributed by atoms with Crippen molar-refractivity contribution >= 4 is 31.4 Å². The smallest absolute Gasteiger partial charge is 0.261 e. The molecule has 148 valence electrons. The van der Waals surface area contributed by atoms with Gasteiger partial charge in [0.25, 0.3) is 10.0 Å². The van der Waals surface area contributed by atoms with Crippen molar-refractivity contribution in [3.05, 3.63) is 42.5 Å². The van der Waals surface area contributed by atoms with Crippen LogP contribution in [0.2, 0.25) is 0 Å². The predicted molar refractivity (Wildman–Crippen MR) is 105 cm³/mol. The maximum absolute atomic E-state index is 12.7. The standard InChI is InChI=1S/C17H23N3O5S2/c1-3-4-11-19-16-10-9-15(26(18,21)22)12-17(16)20-27(23,24)14-7-5-13(25-2)6-8-14/h5-10,12,19-20H,3-4,11H2,1-2H3,(H2,18,21,22). The van der Waals surface area contributed by atoms with Crippen molar-refractivity contribution in [1.29, 1.82) is 0 Å². The molecule has 0 radical (unpaired) electrons. The molecular weight excluding hydrogens is 390 g/mol. The van der Waals surface area contributed by atoms with E-state index in [9.17, 15) is 16.8 Å². The fourth-order valence-corrected chi connectivity index (χ4v) is 3.91. The lowest BCUT2D eigenvalue weighted by atomic mass is 10.2. The Balaban J connectivity index is 2.40. The Hall–Kier alpha value is -2.30. The van der Waals surface area contributed by atoms with Gasteiger partial charge in [-0.1, -0.05) is 13.3 Å². The van der Waals surface area contributed by atoms with Crippen molar-refractivity contribution in [2.75, 3.05) is 23.7 Å². The minimum atomic E-state index is -3.98. The summed E-state index contributed by atoms with van der Waals surface area (Å²) in [5.74, 6) is 0.520. The highest BCUT2D eigenvalue weighted by Crippen LogP contribution is 2.28. The zero-order valence-electron chi connectivity index (χ0n) is 15.1. The van der Waals surface area contributed by atoms with Crippen LogP contribution < -0.4 is 19.9 Å². The van der Waals surface area contributed by atoms with Gasteiger partial charge in [0.1, 0.15) is 5.75 Å². The van der Waals surface area contributed by atoms with Crippen molar-refractivity contribution in [1.82, 2.24) is 0 Å². The van der Waals surface area contributed by atoms with E-state index in [0.29, 0.717) is 18.0 Å². The number of primary sulfonamides is 1. The van der Waals surface area contributed by atoms with Crippen LogP contribution in [0.5, 0.6) is 5.75 Å². The first kappa shape index (κ1) is 21.0. The van der Waals surface area contributed by atoms with Gasteiger partial charge in [-0.25, -0.2) is 22.0 Å². The summed E-state index contributed by atoms with van der Waals surface area (Å²) < 4.78 is 56.1. The van der Waals surface area contributed by atoms with Crippen LogP contribution in [0.25, 0.3) is 0 Å². The first-order valence-corrected chi connectivity index (χ1v) is 11.3. The molecule has 2 rings (SSSR count). The zero-order chi connectivity index (χ0) is 20.1. The highest BCUT2D eigenvalue weighted by molar-refractivity contribution is 7.92. The van der Waals surface area contributed by atoms with Gasteiger partial charge >= 0.3 is 0 Å². The molecule has 0 atom stereocenters. The summed E-state index contributed by atoms with van der Waals surface area (Å²) in [6.45, 7) is 2.64. The number of benzene rings is 2. The Labute approximate surface area is 159 Å². The highest BCUT2D eigenvalue weighted by atomic mass is 32.2. The molecule has 2 aromatic carbocycles. The van der Waals surface area contributed by atoms with E-state index >= 15 is 0 Å². The lowest BCUT2D eigenvalue weighted by molar-refractivity contribution is 0.414. The number of unbranched alkanes of at least 4 members (excludes halogenated alkanes) is 1. The summed E-state index contributed by atoms with van der Waals surface area (Å²) in [6.07, 6.45) is 1.83. The number of ether oxygens (including phenoxy) is 1. The van der Waals surface area contributed by atoms with Gasteiger partial charge in [-0.3, -0.25) is 4.72 Å². The van der Waals surface area contributed by atoms with E-state index < -0.39 is 20.0 Å². The molecule has 8 nitrogen and oxygen atoms in total. The van der Waals surface area contributed by atoms with Gasteiger partial charge in [-0.05, 0) is 48.9 Å². The summed E-state index contributed by atoms with van der Waals surface area (Å²) in [6, 6.07) is 9.86.